The highest BCUT2D eigenvalue weighted by Crippen LogP contribution is 2.17. The highest BCUT2D eigenvalue weighted by molar-refractivity contribution is 5.97. The zero-order valence-electron chi connectivity index (χ0n) is 11.4. The molecule has 1 aromatic rings. The quantitative estimate of drug-likeness (QED) is 0.666. The number of piperidine rings is 1. The summed E-state index contributed by atoms with van der Waals surface area (Å²) in [6, 6.07) is 3.63. The Morgan fingerprint density at radius 2 is 2.10 bits per heavy atom. The highest BCUT2D eigenvalue weighted by atomic mass is 16.2. The molecule has 0 saturated carbocycles. The van der Waals surface area contributed by atoms with Gasteiger partial charge in [-0.2, -0.15) is 5.26 Å². The standard InChI is InChI=1S/C14H17N5O/c1-11-3-7-19(8-4-11)13(20)12(9-15)10-18-14-16-5-2-6-17-14/h2,5-6,10-11H,3-4,7-8H2,1H3,(H,16,17,18)/b12-10-. The lowest BCUT2D eigenvalue weighted by Gasteiger charge is -2.30. The Hall–Kier alpha value is -2.42. The van der Waals surface area contributed by atoms with Crippen molar-refractivity contribution in [1.29, 1.82) is 5.26 Å². The van der Waals surface area contributed by atoms with Gasteiger partial charge in [0.05, 0.1) is 0 Å². The Kier molecular flexibility index (Phi) is 4.66. The lowest BCUT2D eigenvalue weighted by molar-refractivity contribution is -0.128. The third-order valence-corrected chi connectivity index (χ3v) is 3.33. The second-order valence-corrected chi connectivity index (χ2v) is 4.86. The number of anilines is 1. The van der Waals surface area contributed by atoms with E-state index in [1.54, 1.807) is 23.4 Å². The summed E-state index contributed by atoms with van der Waals surface area (Å²) in [5, 5.41) is 11.9. The molecule has 6 nitrogen and oxygen atoms in total. The summed E-state index contributed by atoms with van der Waals surface area (Å²) in [5.41, 5.74) is 0.0759. The van der Waals surface area contributed by atoms with Gasteiger partial charge >= 0.3 is 0 Å². The van der Waals surface area contributed by atoms with Crippen LogP contribution in [0.3, 0.4) is 0 Å². The van der Waals surface area contributed by atoms with Crippen LogP contribution in [-0.2, 0) is 4.79 Å². The molecular weight excluding hydrogens is 254 g/mol. The molecular formula is C14H17N5O. The first kappa shape index (κ1) is 14.0. The summed E-state index contributed by atoms with van der Waals surface area (Å²) in [7, 11) is 0. The van der Waals surface area contributed by atoms with E-state index in [0.717, 1.165) is 12.8 Å². The minimum atomic E-state index is -0.233. The van der Waals surface area contributed by atoms with Crippen LogP contribution in [0.5, 0.6) is 0 Å². The summed E-state index contributed by atoms with van der Waals surface area (Å²) < 4.78 is 0. The molecule has 1 N–H and O–H groups in total. The van der Waals surface area contributed by atoms with Gasteiger partial charge in [0.1, 0.15) is 11.6 Å². The van der Waals surface area contributed by atoms with Crippen LogP contribution in [0.2, 0.25) is 0 Å². The molecule has 1 aliphatic rings. The van der Waals surface area contributed by atoms with Crippen LogP contribution in [-0.4, -0.2) is 33.9 Å². The van der Waals surface area contributed by atoms with Gasteiger partial charge in [0.25, 0.3) is 5.91 Å². The van der Waals surface area contributed by atoms with Crippen molar-refractivity contribution in [1.82, 2.24) is 14.9 Å². The van der Waals surface area contributed by atoms with Crippen LogP contribution in [0.1, 0.15) is 19.8 Å². The number of hydrogen-bond donors (Lipinski definition) is 1. The molecule has 1 aromatic heterocycles. The Balaban J connectivity index is 2.01. The van der Waals surface area contributed by atoms with E-state index in [-0.39, 0.29) is 11.5 Å². The predicted molar refractivity (Wildman–Crippen MR) is 74.3 cm³/mol. The topological polar surface area (TPSA) is 81.9 Å². The maximum Gasteiger partial charge on any atom is 0.266 e. The first-order chi connectivity index (χ1) is 9.70. The van der Waals surface area contributed by atoms with E-state index < -0.39 is 0 Å². The van der Waals surface area contributed by atoms with E-state index in [2.05, 4.69) is 22.2 Å². The van der Waals surface area contributed by atoms with Gasteiger partial charge in [-0.05, 0) is 24.8 Å². The first-order valence-corrected chi connectivity index (χ1v) is 6.64. The molecule has 20 heavy (non-hydrogen) atoms. The lowest BCUT2D eigenvalue weighted by Crippen LogP contribution is -2.38. The zero-order chi connectivity index (χ0) is 14.4. The number of likely N-dealkylation sites (tertiary alicyclic amines) is 1. The number of amides is 1. The Morgan fingerprint density at radius 1 is 1.45 bits per heavy atom. The van der Waals surface area contributed by atoms with Crippen molar-refractivity contribution >= 4 is 11.9 Å². The van der Waals surface area contributed by atoms with Gasteiger partial charge in [0.15, 0.2) is 0 Å². The maximum absolute atomic E-state index is 12.2. The summed E-state index contributed by atoms with van der Waals surface area (Å²) in [4.78, 5) is 21.9. The highest BCUT2D eigenvalue weighted by Gasteiger charge is 2.22. The molecule has 0 radical (unpaired) electrons. The largest absolute Gasteiger partial charge is 0.338 e. The van der Waals surface area contributed by atoms with E-state index in [4.69, 9.17) is 5.26 Å². The minimum absolute atomic E-state index is 0.0759. The van der Waals surface area contributed by atoms with Gasteiger partial charge in [-0.1, -0.05) is 6.92 Å². The summed E-state index contributed by atoms with van der Waals surface area (Å²) in [6.45, 7) is 3.60. The average Bonchev–Trinajstić information content (AvgIpc) is 2.49. The van der Waals surface area contributed by atoms with Gasteiger partial charge in [-0.15, -0.1) is 0 Å². The number of carbonyl (C=O) groups is 1. The van der Waals surface area contributed by atoms with E-state index >= 15 is 0 Å². The first-order valence-electron chi connectivity index (χ1n) is 6.64. The van der Waals surface area contributed by atoms with Crippen LogP contribution in [0.4, 0.5) is 5.95 Å². The van der Waals surface area contributed by atoms with Crippen LogP contribution in [0.25, 0.3) is 0 Å². The molecule has 1 amide bonds. The fraction of sp³-hybridized carbons (Fsp3) is 0.429. The molecule has 0 aromatic carbocycles. The number of hydrogen-bond acceptors (Lipinski definition) is 5. The van der Waals surface area contributed by atoms with Crippen molar-refractivity contribution in [3.05, 3.63) is 30.2 Å². The molecule has 1 saturated heterocycles. The van der Waals surface area contributed by atoms with Crippen LogP contribution in [0.15, 0.2) is 30.2 Å². The van der Waals surface area contributed by atoms with Gasteiger partial charge in [-0.25, -0.2) is 9.97 Å². The molecule has 0 bridgehead atoms. The average molecular weight is 271 g/mol. The minimum Gasteiger partial charge on any atom is -0.338 e. The van der Waals surface area contributed by atoms with Crippen molar-refractivity contribution in [3.8, 4) is 6.07 Å². The number of nitriles is 1. The third kappa shape index (κ3) is 3.54. The molecule has 0 atom stereocenters. The number of rotatable bonds is 3. The molecule has 0 spiro atoms. The normalized spacial score (nSPS) is 16.6. The number of aromatic nitrogens is 2. The Bertz CT molecular complexity index is 526. The zero-order valence-corrected chi connectivity index (χ0v) is 11.4. The predicted octanol–water partition coefficient (Wildman–Crippen LogP) is 1.55. The summed E-state index contributed by atoms with van der Waals surface area (Å²) in [6.07, 6.45) is 6.52. The van der Waals surface area contributed by atoms with Crippen molar-refractivity contribution in [3.63, 3.8) is 0 Å². The molecule has 0 aliphatic carbocycles. The van der Waals surface area contributed by atoms with Crippen molar-refractivity contribution in [2.24, 2.45) is 5.92 Å². The fourth-order valence-electron chi connectivity index (χ4n) is 2.03. The third-order valence-electron chi connectivity index (χ3n) is 3.33. The lowest BCUT2D eigenvalue weighted by atomic mass is 9.99. The number of nitrogens with zero attached hydrogens (tertiary/aromatic N) is 4. The fourth-order valence-corrected chi connectivity index (χ4v) is 2.03. The smallest absolute Gasteiger partial charge is 0.266 e. The molecule has 1 fully saturated rings. The molecule has 2 rings (SSSR count). The molecule has 0 unspecified atom stereocenters. The van der Waals surface area contributed by atoms with E-state index in [0.29, 0.717) is 25.0 Å². The number of carbonyl (C=O) groups excluding carboxylic acids is 1. The molecule has 6 heteroatoms. The van der Waals surface area contributed by atoms with Crippen molar-refractivity contribution < 1.29 is 4.79 Å². The van der Waals surface area contributed by atoms with Crippen LogP contribution in [0, 0.1) is 17.2 Å². The van der Waals surface area contributed by atoms with Gasteiger partial charge < -0.3 is 10.2 Å². The molecule has 104 valence electrons. The van der Waals surface area contributed by atoms with E-state index in [9.17, 15) is 4.79 Å². The number of nitrogens with one attached hydrogen (secondary N) is 1. The summed E-state index contributed by atoms with van der Waals surface area (Å²) in [5.74, 6) is 0.771. The van der Waals surface area contributed by atoms with Gasteiger partial charge in [0, 0.05) is 31.7 Å². The van der Waals surface area contributed by atoms with E-state index in [1.165, 1.54) is 6.20 Å². The van der Waals surface area contributed by atoms with Crippen molar-refractivity contribution in [2.75, 3.05) is 18.4 Å². The van der Waals surface area contributed by atoms with Crippen molar-refractivity contribution in [2.45, 2.75) is 19.8 Å². The van der Waals surface area contributed by atoms with Gasteiger partial charge in [-0.3, -0.25) is 4.79 Å². The monoisotopic (exact) mass is 271 g/mol. The summed E-state index contributed by atoms with van der Waals surface area (Å²) >= 11 is 0. The second-order valence-electron chi connectivity index (χ2n) is 4.86. The van der Waals surface area contributed by atoms with Gasteiger partial charge in [0.2, 0.25) is 5.95 Å². The van der Waals surface area contributed by atoms with E-state index in [1.807, 2.05) is 6.07 Å². The SMILES string of the molecule is CC1CCN(C(=O)/C(C#N)=C\Nc2ncccn2)CC1. The van der Waals surface area contributed by atoms with Crippen LogP contribution >= 0.6 is 0 Å². The second kappa shape index (κ2) is 6.66. The Labute approximate surface area is 118 Å². The Morgan fingerprint density at radius 3 is 2.70 bits per heavy atom. The molecule has 1 aliphatic heterocycles. The molecule has 2 heterocycles. The maximum atomic E-state index is 12.2. The van der Waals surface area contributed by atoms with Crippen LogP contribution < -0.4 is 5.32 Å².